The Morgan fingerprint density at radius 3 is 2.67 bits per heavy atom. The third kappa shape index (κ3) is 5.18. The molecule has 0 radical (unpaired) electrons. The zero-order chi connectivity index (χ0) is 14.8. The summed E-state index contributed by atoms with van der Waals surface area (Å²) >= 11 is 0. The molecule has 1 aromatic rings. The zero-order valence-corrected chi connectivity index (χ0v) is 13.6. The molecule has 1 amide bonds. The van der Waals surface area contributed by atoms with Gasteiger partial charge in [0.05, 0.1) is 18.0 Å². The van der Waals surface area contributed by atoms with E-state index in [2.05, 4.69) is 15.4 Å². The van der Waals surface area contributed by atoms with Crippen molar-refractivity contribution in [2.24, 2.45) is 0 Å². The second kappa shape index (κ2) is 7.11. The molecule has 1 heterocycles. The van der Waals surface area contributed by atoms with E-state index in [1.54, 1.807) is 25.1 Å². The Bertz CT molecular complexity index is 613. The van der Waals surface area contributed by atoms with Crippen LogP contribution in [0.3, 0.4) is 0 Å². The smallest absolute Gasteiger partial charge is 0.241 e. The number of amides is 1. The first-order valence-corrected chi connectivity index (χ1v) is 8.37. The van der Waals surface area contributed by atoms with Crippen molar-refractivity contribution < 1.29 is 13.2 Å². The molecule has 1 saturated heterocycles. The van der Waals surface area contributed by atoms with Gasteiger partial charge in [-0.3, -0.25) is 9.52 Å². The number of anilines is 2. The van der Waals surface area contributed by atoms with Crippen molar-refractivity contribution in [2.45, 2.75) is 25.8 Å². The molecule has 0 bridgehead atoms. The summed E-state index contributed by atoms with van der Waals surface area (Å²) < 4.78 is 25.0. The van der Waals surface area contributed by atoms with Gasteiger partial charge in [0.25, 0.3) is 0 Å². The van der Waals surface area contributed by atoms with Gasteiger partial charge in [0.15, 0.2) is 0 Å². The van der Waals surface area contributed by atoms with E-state index >= 15 is 0 Å². The Labute approximate surface area is 131 Å². The molecular weight excluding hydrogens is 314 g/mol. The number of hydrogen-bond acceptors (Lipinski definition) is 4. The third-order valence-electron chi connectivity index (χ3n) is 3.18. The van der Waals surface area contributed by atoms with Crippen molar-refractivity contribution in [3.63, 3.8) is 0 Å². The van der Waals surface area contributed by atoms with Crippen LogP contribution in [0.5, 0.6) is 0 Å². The molecule has 1 atom stereocenters. The average Bonchev–Trinajstić information content (AvgIpc) is 2.85. The Balaban J connectivity index is 0.00000220. The fourth-order valence-electron chi connectivity index (χ4n) is 2.15. The van der Waals surface area contributed by atoms with Gasteiger partial charge in [-0.15, -0.1) is 12.4 Å². The van der Waals surface area contributed by atoms with E-state index in [9.17, 15) is 13.2 Å². The highest BCUT2D eigenvalue weighted by Crippen LogP contribution is 2.21. The van der Waals surface area contributed by atoms with E-state index in [0.717, 1.165) is 31.2 Å². The summed E-state index contributed by atoms with van der Waals surface area (Å²) in [6, 6.07) is 4.99. The number of carbonyl (C=O) groups is 1. The summed E-state index contributed by atoms with van der Waals surface area (Å²) in [4.78, 5) is 12.0. The normalized spacial score (nSPS) is 17.9. The number of carbonyl (C=O) groups excluding carboxylic acids is 1. The molecule has 6 nitrogen and oxygen atoms in total. The van der Waals surface area contributed by atoms with Crippen LogP contribution in [0, 0.1) is 6.92 Å². The second-order valence-electron chi connectivity index (χ2n) is 5.04. The summed E-state index contributed by atoms with van der Waals surface area (Å²) in [7, 11) is -3.34. The minimum Gasteiger partial charge on any atom is -0.325 e. The quantitative estimate of drug-likeness (QED) is 0.779. The number of aryl methyl sites for hydroxylation is 1. The summed E-state index contributed by atoms with van der Waals surface area (Å²) in [5.74, 6) is -0.0864. The Morgan fingerprint density at radius 1 is 1.38 bits per heavy atom. The van der Waals surface area contributed by atoms with Crippen LogP contribution < -0.4 is 15.4 Å². The van der Waals surface area contributed by atoms with Crippen LogP contribution in [-0.2, 0) is 14.8 Å². The van der Waals surface area contributed by atoms with Crippen LogP contribution in [0.15, 0.2) is 18.2 Å². The molecule has 3 N–H and O–H groups in total. The fraction of sp³-hybridized carbons (Fsp3) is 0.462. The molecule has 0 aromatic heterocycles. The molecule has 1 aliphatic rings. The van der Waals surface area contributed by atoms with Crippen LogP contribution in [0.4, 0.5) is 11.4 Å². The van der Waals surface area contributed by atoms with Gasteiger partial charge >= 0.3 is 0 Å². The zero-order valence-electron chi connectivity index (χ0n) is 12.0. The number of halogens is 1. The van der Waals surface area contributed by atoms with Crippen molar-refractivity contribution in [2.75, 3.05) is 22.8 Å². The minimum absolute atomic E-state index is 0. The maximum absolute atomic E-state index is 12.0. The lowest BCUT2D eigenvalue weighted by molar-refractivity contribution is -0.117. The number of rotatable bonds is 4. The van der Waals surface area contributed by atoms with Crippen molar-refractivity contribution in [1.29, 1.82) is 0 Å². The maximum Gasteiger partial charge on any atom is 0.241 e. The molecule has 8 heteroatoms. The molecule has 21 heavy (non-hydrogen) atoms. The van der Waals surface area contributed by atoms with E-state index in [4.69, 9.17) is 0 Å². The van der Waals surface area contributed by atoms with Gasteiger partial charge in [0, 0.05) is 5.69 Å². The molecular formula is C13H20ClN3O3S. The van der Waals surface area contributed by atoms with Gasteiger partial charge in [0.2, 0.25) is 15.9 Å². The second-order valence-corrected chi connectivity index (χ2v) is 6.79. The summed E-state index contributed by atoms with van der Waals surface area (Å²) in [5.41, 5.74) is 1.86. The van der Waals surface area contributed by atoms with Crippen LogP contribution in [-0.4, -0.2) is 33.2 Å². The van der Waals surface area contributed by atoms with Crippen molar-refractivity contribution in [1.82, 2.24) is 5.32 Å². The molecule has 1 unspecified atom stereocenters. The predicted molar refractivity (Wildman–Crippen MR) is 86.5 cm³/mol. The van der Waals surface area contributed by atoms with E-state index in [1.165, 1.54) is 0 Å². The molecule has 0 saturated carbocycles. The van der Waals surface area contributed by atoms with Crippen LogP contribution in [0.1, 0.15) is 18.4 Å². The van der Waals surface area contributed by atoms with Crippen molar-refractivity contribution in [3.05, 3.63) is 23.8 Å². The van der Waals surface area contributed by atoms with Crippen LogP contribution in [0.25, 0.3) is 0 Å². The molecule has 1 fully saturated rings. The van der Waals surface area contributed by atoms with Crippen molar-refractivity contribution >= 4 is 39.7 Å². The maximum atomic E-state index is 12.0. The molecule has 118 valence electrons. The molecule has 1 aromatic carbocycles. The topological polar surface area (TPSA) is 87.3 Å². The summed E-state index contributed by atoms with van der Waals surface area (Å²) in [6.07, 6.45) is 2.92. The lowest BCUT2D eigenvalue weighted by Crippen LogP contribution is -2.35. The number of benzene rings is 1. The third-order valence-corrected chi connectivity index (χ3v) is 3.77. The van der Waals surface area contributed by atoms with Crippen LogP contribution >= 0.6 is 12.4 Å². The number of nitrogens with one attached hydrogen (secondary N) is 3. The Hall–Kier alpha value is -1.31. The lowest BCUT2D eigenvalue weighted by Gasteiger charge is -2.13. The lowest BCUT2D eigenvalue weighted by atomic mass is 10.1. The van der Waals surface area contributed by atoms with E-state index in [0.29, 0.717) is 11.4 Å². The largest absolute Gasteiger partial charge is 0.325 e. The highest BCUT2D eigenvalue weighted by Gasteiger charge is 2.22. The molecule has 0 spiro atoms. The predicted octanol–water partition coefficient (Wildman–Crippen LogP) is 1.48. The Morgan fingerprint density at radius 2 is 2.10 bits per heavy atom. The van der Waals surface area contributed by atoms with E-state index < -0.39 is 10.0 Å². The van der Waals surface area contributed by atoms with Gasteiger partial charge in [-0.05, 0) is 44.0 Å². The van der Waals surface area contributed by atoms with Gasteiger partial charge in [-0.25, -0.2) is 8.42 Å². The number of hydrogen-bond donors (Lipinski definition) is 3. The highest BCUT2D eigenvalue weighted by molar-refractivity contribution is 7.92. The van der Waals surface area contributed by atoms with Gasteiger partial charge in [0.1, 0.15) is 0 Å². The fourth-order valence-corrected chi connectivity index (χ4v) is 2.77. The minimum atomic E-state index is -3.34. The molecule has 1 aliphatic heterocycles. The van der Waals surface area contributed by atoms with E-state index in [1.807, 2.05) is 0 Å². The van der Waals surface area contributed by atoms with Gasteiger partial charge < -0.3 is 10.6 Å². The SMILES string of the molecule is Cc1ccc(NC(=O)C2CCCN2)cc1NS(C)(=O)=O.Cl. The Kier molecular flexibility index (Phi) is 6.00. The highest BCUT2D eigenvalue weighted by atomic mass is 35.5. The first kappa shape index (κ1) is 17.7. The average molecular weight is 334 g/mol. The summed E-state index contributed by atoms with van der Waals surface area (Å²) in [5, 5.41) is 5.92. The molecule has 2 rings (SSSR count). The van der Waals surface area contributed by atoms with Gasteiger partial charge in [-0.1, -0.05) is 6.07 Å². The van der Waals surface area contributed by atoms with E-state index in [-0.39, 0.29) is 24.4 Å². The summed E-state index contributed by atoms with van der Waals surface area (Å²) in [6.45, 7) is 2.66. The first-order valence-electron chi connectivity index (χ1n) is 6.48. The number of sulfonamides is 1. The standard InChI is InChI=1S/C13H19N3O3S.ClH/c1-9-5-6-10(8-12(9)16-20(2,18)19)15-13(17)11-4-3-7-14-11;/h5-6,8,11,14,16H,3-4,7H2,1-2H3,(H,15,17);1H. The monoisotopic (exact) mass is 333 g/mol. The van der Waals surface area contributed by atoms with Gasteiger partial charge in [-0.2, -0.15) is 0 Å². The van der Waals surface area contributed by atoms with Crippen molar-refractivity contribution in [3.8, 4) is 0 Å². The first-order chi connectivity index (χ1) is 9.35. The molecule has 0 aliphatic carbocycles. The van der Waals surface area contributed by atoms with Crippen LogP contribution in [0.2, 0.25) is 0 Å².